The third-order valence-electron chi connectivity index (χ3n) is 3.65. The van der Waals surface area contributed by atoms with Crippen LogP contribution in [0.25, 0.3) is 0 Å². The number of hydrogen-bond donors (Lipinski definition) is 1. The highest BCUT2D eigenvalue weighted by Crippen LogP contribution is 2.31. The molecule has 1 unspecified atom stereocenters. The van der Waals surface area contributed by atoms with Crippen LogP contribution in [-0.4, -0.2) is 22.3 Å². The molecule has 1 N–H and O–H groups in total. The average molecular weight is 285 g/mol. The van der Waals surface area contributed by atoms with E-state index in [4.69, 9.17) is 4.74 Å². The lowest BCUT2D eigenvalue weighted by molar-refractivity contribution is -0.122. The summed E-state index contributed by atoms with van der Waals surface area (Å²) in [4.78, 5) is 12.1. The van der Waals surface area contributed by atoms with Crippen molar-refractivity contribution < 1.29 is 9.53 Å². The predicted octanol–water partition coefficient (Wildman–Crippen LogP) is 2.30. The molecule has 1 aliphatic heterocycles. The van der Waals surface area contributed by atoms with E-state index in [1.807, 2.05) is 36.5 Å². The molecule has 1 amide bonds. The minimum Gasteiger partial charge on any atom is -0.493 e. The SMILES string of the molecule is O=C(CCn1cccn1)NC1CCCOc2ccccc21. The van der Waals surface area contributed by atoms with E-state index in [0.717, 1.165) is 24.2 Å². The molecular weight excluding hydrogens is 266 g/mol. The number of fused-ring (bicyclic) bond motifs is 1. The van der Waals surface area contributed by atoms with E-state index in [-0.39, 0.29) is 11.9 Å². The summed E-state index contributed by atoms with van der Waals surface area (Å²) >= 11 is 0. The molecule has 3 rings (SSSR count). The molecule has 0 spiro atoms. The standard InChI is InChI=1S/C16H19N3O2/c20-16(8-11-19-10-4-9-17-19)18-14-6-3-12-21-15-7-2-1-5-13(14)15/h1-2,4-5,7,9-10,14H,3,6,8,11-12H2,(H,18,20). The fourth-order valence-corrected chi connectivity index (χ4v) is 2.59. The Morgan fingerprint density at radius 3 is 3.14 bits per heavy atom. The lowest BCUT2D eigenvalue weighted by Gasteiger charge is -2.18. The molecule has 1 aromatic carbocycles. The van der Waals surface area contributed by atoms with Crippen LogP contribution >= 0.6 is 0 Å². The molecule has 1 atom stereocenters. The van der Waals surface area contributed by atoms with Crippen molar-refractivity contribution in [2.75, 3.05) is 6.61 Å². The Hall–Kier alpha value is -2.30. The Kier molecular flexibility index (Phi) is 4.19. The van der Waals surface area contributed by atoms with Crippen molar-refractivity contribution in [2.45, 2.75) is 31.8 Å². The van der Waals surface area contributed by atoms with E-state index in [9.17, 15) is 4.79 Å². The number of amides is 1. The third kappa shape index (κ3) is 3.42. The van der Waals surface area contributed by atoms with Crippen molar-refractivity contribution in [1.82, 2.24) is 15.1 Å². The van der Waals surface area contributed by atoms with Crippen molar-refractivity contribution in [2.24, 2.45) is 0 Å². The van der Waals surface area contributed by atoms with Gasteiger partial charge in [0.15, 0.2) is 0 Å². The Labute approximate surface area is 123 Å². The summed E-state index contributed by atoms with van der Waals surface area (Å²) in [6.07, 6.45) is 5.86. The maximum absolute atomic E-state index is 12.1. The van der Waals surface area contributed by atoms with Crippen LogP contribution in [-0.2, 0) is 11.3 Å². The van der Waals surface area contributed by atoms with Gasteiger partial charge in [0, 0.05) is 30.9 Å². The summed E-state index contributed by atoms with van der Waals surface area (Å²) in [6.45, 7) is 1.31. The number of carbonyl (C=O) groups excluding carboxylic acids is 1. The van der Waals surface area contributed by atoms with Crippen LogP contribution in [0, 0.1) is 0 Å². The molecule has 21 heavy (non-hydrogen) atoms. The van der Waals surface area contributed by atoms with Gasteiger partial charge in [0.1, 0.15) is 5.75 Å². The van der Waals surface area contributed by atoms with Crippen molar-refractivity contribution in [3.05, 3.63) is 48.3 Å². The van der Waals surface area contributed by atoms with Crippen molar-refractivity contribution >= 4 is 5.91 Å². The second kappa shape index (κ2) is 6.43. The number of aromatic nitrogens is 2. The number of nitrogens with one attached hydrogen (secondary N) is 1. The Bertz CT molecular complexity index is 595. The van der Waals surface area contributed by atoms with Gasteiger partial charge in [-0.1, -0.05) is 18.2 Å². The number of nitrogens with zero attached hydrogens (tertiary/aromatic N) is 2. The van der Waals surface area contributed by atoms with Crippen molar-refractivity contribution in [3.8, 4) is 5.75 Å². The van der Waals surface area contributed by atoms with Crippen LogP contribution in [0.2, 0.25) is 0 Å². The largest absolute Gasteiger partial charge is 0.493 e. The summed E-state index contributed by atoms with van der Waals surface area (Å²) in [5.41, 5.74) is 1.07. The molecule has 5 heteroatoms. The van der Waals surface area contributed by atoms with Crippen LogP contribution in [0.5, 0.6) is 5.75 Å². The molecular formula is C16H19N3O2. The van der Waals surface area contributed by atoms with E-state index >= 15 is 0 Å². The lowest BCUT2D eigenvalue weighted by Crippen LogP contribution is -2.29. The highest BCUT2D eigenvalue weighted by molar-refractivity contribution is 5.76. The molecule has 2 heterocycles. The van der Waals surface area contributed by atoms with Gasteiger partial charge in [0.05, 0.1) is 12.6 Å². The van der Waals surface area contributed by atoms with Gasteiger partial charge in [0.25, 0.3) is 0 Å². The maximum atomic E-state index is 12.1. The van der Waals surface area contributed by atoms with E-state index < -0.39 is 0 Å². The van der Waals surface area contributed by atoms with Gasteiger partial charge < -0.3 is 10.1 Å². The molecule has 110 valence electrons. The summed E-state index contributed by atoms with van der Waals surface area (Å²) in [5, 5.41) is 7.22. The van der Waals surface area contributed by atoms with Crippen LogP contribution in [0.15, 0.2) is 42.7 Å². The third-order valence-corrected chi connectivity index (χ3v) is 3.65. The first kappa shape index (κ1) is 13.7. The van der Waals surface area contributed by atoms with E-state index in [0.29, 0.717) is 19.6 Å². The number of carbonyl (C=O) groups is 1. The zero-order valence-electron chi connectivity index (χ0n) is 11.9. The zero-order valence-corrected chi connectivity index (χ0v) is 11.9. The van der Waals surface area contributed by atoms with Crippen LogP contribution in [0.3, 0.4) is 0 Å². The maximum Gasteiger partial charge on any atom is 0.222 e. The fraction of sp³-hybridized carbons (Fsp3) is 0.375. The van der Waals surface area contributed by atoms with Crippen LogP contribution < -0.4 is 10.1 Å². The van der Waals surface area contributed by atoms with Gasteiger partial charge in [-0.3, -0.25) is 9.48 Å². The summed E-state index contributed by atoms with van der Waals surface area (Å²) < 4.78 is 7.48. The van der Waals surface area contributed by atoms with Gasteiger partial charge in [-0.25, -0.2) is 0 Å². The molecule has 0 radical (unpaired) electrons. The number of rotatable bonds is 4. The van der Waals surface area contributed by atoms with E-state index in [2.05, 4.69) is 10.4 Å². The predicted molar refractivity (Wildman–Crippen MR) is 78.9 cm³/mol. The topological polar surface area (TPSA) is 56.2 Å². The van der Waals surface area contributed by atoms with Crippen molar-refractivity contribution in [3.63, 3.8) is 0 Å². The molecule has 0 saturated heterocycles. The first-order valence-corrected chi connectivity index (χ1v) is 7.31. The molecule has 0 aliphatic carbocycles. The first-order chi connectivity index (χ1) is 10.3. The Balaban J connectivity index is 1.62. The monoisotopic (exact) mass is 285 g/mol. The Morgan fingerprint density at radius 1 is 1.38 bits per heavy atom. The molecule has 0 bridgehead atoms. The number of ether oxygens (including phenoxy) is 1. The molecule has 0 saturated carbocycles. The highest BCUT2D eigenvalue weighted by Gasteiger charge is 2.20. The molecule has 1 aliphatic rings. The Morgan fingerprint density at radius 2 is 2.29 bits per heavy atom. The second-order valence-corrected chi connectivity index (χ2v) is 5.17. The number of aryl methyl sites for hydroxylation is 1. The fourth-order valence-electron chi connectivity index (χ4n) is 2.59. The van der Waals surface area contributed by atoms with Crippen LogP contribution in [0.4, 0.5) is 0 Å². The summed E-state index contributed by atoms with van der Waals surface area (Å²) in [5.74, 6) is 0.930. The second-order valence-electron chi connectivity index (χ2n) is 5.17. The number of benzene rings is 1. The summed E-state index contributed by atoms with van der Waals surface area (Å²) in [7, 11) is 0. The zero-order chi connectivity index (χ0) is 14.5. The minimum atomic E-state index is 0.0359. The van der Waals surface area contributed by atoms with Gasteiger partial charge in [-0.15, -0.1) is 0 Å². The van der Waals surface area contributed by atoms with Gasteiger partial charge in [-0.2, -0.15) is 5.10 Å². The quantitative estimate of drug-likeness (QED) is 0.937. The van der Waals surface area contributed by atoms with E-state index in [1.54, 1.807) is 10.9 Å². The average Bonchev–Trinajstić information content (AvgIpc) is 2.94. The van der Waals surface area contributed by atoms with Gasteiger partial charge >= 0.3 is 0 Å². The molecule has 5 nitrogen and oxygen atoms in total. The van der Waals surface area contributed by atoms with E-state index in [1.165, 1.54) is 0 Å². The molecule has 2 aromatic rings. The normalized spacial score (nSPS) is 17.4. The van der Waals surface area contributed by atoms with Crippen molar-refractivity contribution in [1.29, 1.82) is 0 Å². The highest BCUT2D eigenvalue weighted by atomic mass is 16.5. The lowest BCUT2D eigenvalue weighted by atomic mass is 10.0. The first-order valence-electron chi connectivity index (χ1n) is 7.31. The molecule has 1 aromatic heterocycles. The molecule has 0 fully saturated rings. The van der Waals surface area contributed by atoms with Crippen LogP contribution in [0.1, 0.15) is 30.9 Å². The van der Waals surface area contributed by atoms with Gasteiger partial charge in [-0.05, 0) is 25.0 Å². The minimum absolute atomic E-state index is 0.0359. The summed E-state index contributed by atoms with van der Waals surface area (Å²) in [6, 6.07) is 9.82. The van der Waals surface area contributed by atoms with Gasteiger partial charge in [0.2, 0.25) is 5.91 Å². The smallest absolute Gasteiger partial charge is 0.222 e. The number of hydrogen-bond acceptors (Lipinski definition) is 3. The number of para-hydroxylation sites is 1.